The van der Waals surface area contributed by atoms with E-state index in [4.69, 9.17) is 9.47 Å². The fourth-order valence-corrected chi connectivity index (χ4v) is 3.29. The normalized spacial score (nSPS) is 14.4. The molecule has 0 aromatic heterocycles. The number of methoxy groups -OCH3 is 1. The minimum Gasteiger partial charge on any atom is -0.494 e. The molecule has 2 amide bonds. The van der Waals surface area contributed by atoms with E-state index in [0.29, 0.717) is 58.0 Å². The minimum absolute atomic E-state index is 0.00756. The first-order chi connectivity index (χ1) is 14.5. The molecule has 1 saturated heterocycles. The summed E-state index contributed by atoms with van der Waals surface area (Å²) in [6, 6.07) is 7.00. The maximum absolute atomic E-state index is 12.4. The number of carbonyl (C=O) groups excluding carboxylic acids is 3. The van der Waals surface area contributed by atoms with Crippen molar-refractivity contribution in [3.05, 3.63) is 29.8 Å². The fraction of sp³-hybridized carbons (Fsp3) is 0.591. The van der Waals surface area contributed by atoms with E-state index in [1.807, 2.05) is 11.8 Å². The van der Waals surface area contributed by atoms with Crippen molar-refractivity contribution in [2.75, 3.05) is 59.6 Å². The molecule has 2 rings (SSSR count). The van der Waals surface area contributed by atoms with Crippen LogP contribution in [-0.4, -0.2) is 87.0 Å². The van der Waals surface area contributed by atoms with E-state index < -0.39 is 0 Å². The molecule has 1 aliphatic rings. The third-order valence-electron chi connectivity index (χ3n) is 4.99. The summed E-state index contributed by atoms with van der Waals surface area (Å²) in [5.74, 6) is 0.659. The molecule has 1 N–H and O–H groups in total. The number of piperazine rings is 1. The van der Waals surface area contributed by atoms with Gasteiger partial charge in [-0.25, -0.2) is 0 Å². The molecule has 1 aromatic carbocycles. The number of Topliss-reactive ketones (excluding diaryl/α,β-unsaturated/α-hetero) is 1. The fourth-order valence-electron chi connectivity index (χ4n) is 3.29. The second-order valence-electron chi connectivity index (χ2n) is 7.23. The van der Waals surface area contributed by atoms with Crippen molar-refractivity contribution in [2.45, 2.75) is 26.2 Å². The SMILES string of the molecule is CCOc1ccc(C(=O)CCC(=O)N2CCN(CC(=O)NCCCOC)CC2)cc1. The highest BCUT2D eigenvalue weighted by Crippen LogP contribution is 2.14. The van der Waals surface area contributed by atoms with Crippen molar-refractivity contribution in [1.29, 1.82) is 0 Å². The molecule has 30 heavy (non-hydrogen) atoms. The monoisotopic (exact) mass is 419 g/mol. The van der Waals surface area contributed by atoms with E-state index >= 15 is 0 Å². The highest BCUT2D eigenvalue weighted by Gasteiger charge is 2.22. The van der Waals surface area contributed by atoms with Gasteiger partial charge in [0.15, 0.2) is 5.78 Å². The molecule has 1 aromatic rings. The van der Waals surface area contributed by atoms with Gasteiger partial charge in [0, 0.05) is 64.8 Å². The van der Waals surface area contributed by atoms with Crippen LogP contribution in [-0.2, 0) is 14.3 Å². The lowest BCUT2D eigenvalue weighted by molar-refractivity contribution is -0.133. The smallest absolute Gasteiger partial charge is 0.234 e. The lowest BCUT2D eigenvalue weighted by Gasteiger charge is -2.34. The van der Waals surface area contributed by atoms with Crippen LogP contribution >= 0.6 is 0 Å². The maximum Gasteiger partial charge on any atom is 0.234 e. The number of ether oxygens (including phenoxy) is 2. The Labute approximate surface area is 178 Å². The Hall–Kier alpha value is -2.45. The molecule has 0 spiro atoms. The van der Waals surface area contributed by atoms with Crippen LogP contribution < -0.4 is 10.1 Å². The largest absolute Gasteiger partial charge is 0.494 e. The summed E-state index contributed by atoms with van der Waals surface area (Å²) in [6.07, 6.45) is 1.18. The number of carbonyl (C=O) groups is 3. The number of nitrogens with zero attached hydrogens (tertiary/aromatic N) is 2. The second-order valence-corrected chi connectivity index (χ2v) is 7.23. The van der Waals surface area contributed by atoms with Gasteiger partial charge in [0.2, 0.25) is 11.8 Å². The molecular weight excluding hydrogens is 386 g/mol. The van der Waals surface area contributed by atoms with E-state index in [1.54, 1.807) is 36.3 Å². The summed E-state index contributed by atoms with van der Waals surface area (Å²) in [6.45, 7) is 6.52. The van der Waals surface area contributed by atoms with Gasteiger partial charge < -0.3 is 19.7 Å². The van der Waals surface area contributed by atoms with Gasteiger partial charge in [-0.05, 0) is 37.6 Å². The molecule has 166 valence electrons. The molecule has 0 saturated carbocycles. The number of amides is 2. The van der Waals surface area contributed by atoms with Crippen LogP contribution in [0.25, 0.3) is 0 Å². The summed E-state index contributed by atoms with van der Waals surface area (Å²) in [5.41, 5.74) is 0.590. The molecule has 0 atom stereocenters. The van der Waals surface area contributed by atoms with Gasteiger partial charge in [0.1, 0.15) is 5.75 Å². The highest BCUT2D eigenvalue weighted by atomic mass is 16.5. The minimum atomic E-state index is -0.0461. The quantitative estimate of drug-likeness (QED) is 0.406. The van der Waals surface area contributed by atoms with Crippen LogP contribution in [0.1, 0.15) is 36.5 Å². The van der Waals surface area contributed by atoms with Gasteiger partial charge in [-0.15, -0.1) is 0 Å². The van der Waals surface area contributed by atoms with Gasteiger partial charge in [-0.1, -0.05) is 0 Å². The Balaban J connectivity index is 1.66. The third kappa shape index (κ3) is 8.12. The van der Waals surface area contributed by atoms with E-state index in [2.05, 4.69) is 5.32 Å². The average molecular weight is 420 g/mol. The Morgan fingerprint density at radius 3 is 2.37 bits per heavy atom. The first-order valence-electron chi connectivity index (χ1n) is 10.5. The standard InChI is InChI=1S/C22H33N3O5/c1-3-30-19-7-5-18(6-8-19)20(26)9-10-22(28)25-14-12-24(13-15-25)17-21(27)23-11-4-16-29-2/h5-8H,3-4,9-17H2,1-2H3,(H,23,27). The van der Waals surface area contributed by atoms with E-state index in [-0.39, 0.29) is 30.4 Å². The molecule has 8 heteroatoms. The summed E-state index contributed by atoms with van der Waals surface area (Å²) in [4.78, 5) is 40.5. The lowest BCUT2D eigenvalue weighted by atomic mass is 10.1. The third-order valence-corrected chi connectivity index (χ3v) is 4.99. The van der Waals surface area contributed by atoms with Crippen molar-refractivity contribution in [3.63, 3.8) is 0 Å². The number of nitrogens with one attached hydrogen (secondary N) is 1. The Morgan fingerprint density at radius 2 is 1.73 bits per heavy atom. The Bertz CT molecular complexity index is 685. The molecule has 0 bridgehead atoms. The first kappa shape index (κ1) is 23.8. The Morgan fingerprint density at radius 1 is 1.03 bits per heavy atom. The summed E-state index contributed by atoms with van der Waals surface area (Å²) >= 11 is 0. The molecule has 0 aliphatic carbocycles. The van der Waals surface area contributed by atoms with Crippen LogP contribution in [0.3, 0.4) is 0 Å². The van der Waals surface area contributed by atoms with Gasteiger partial charge >= 0.3 is 0 Å². The highest BCUT2D eigenvalue weighted by molar-refractivity contribution is 5.98. The van der Waals surface area contributed by atoms with Crippen molar-refractivity contribution in [1.82, 2.24) is 15.1 Å². The molecule has 0 unspecified atom stereocenters. The van der Waals surface area contributed by atoms with Crippen molar-refractivity contribution in [2.24, 2.45) is 0 Å². The first-order valence-corrected chi connectivity index (χ1v) is 10.5. The number of benzene rings is 1. The van der Waals surface area contributed by atoms with Crippen LogP contribution in [0.4, 0.5) is 0 Å². The zero-order chi connectivity index (χ0) is 21.8. The van der Waals surface area contributed by atoms with E-state index in [9.17, 15) is 14.4 Å². The molecule has 0 radical (unpaired) electrons. The van der Waals surface area contributed by atoms with E-state index in [1.165, 1.54) is 0 Å². The van der Waals surface area contributed by atoms with Gasteiger partial charge in [-0.2, -0.15) is 0 Å². The predicted molar refractivity (Wildman–Crippen MR) is 114 cm³/mol. The topological polar surface area (TPSA) is 88.2 Å². The number of hydrogen-bond acceptors (Lipinski definition) is 6. The number of rotatable bonds is 12. The zero-order valence-electron chi connectivity index (χ0n) is 18.0. The van der Waals surface area contributed by atoms with Crippen molar-refractivity contribution < 1.29 is 23.9 Å². The number of hydrogen-bond donors (Lipinski definition) is 1. The second kappa shape index (κ2) is 13.0. The van der Waals surface area contributed by atoms with Crippen LogP contribution in [0.2, 0.25) is 0 Å². The predicted octanol–water partition coefficient (Wildman–Crippen LogP) is 1.35. The Kier molecular flexibility index (Phi) is 10.3. The molecule has 1 aliphatic heterocycles. The van der Waals surface area contributed by atoms with Crippen molar-refractivity contribution in [3.8, 4) is 5.75 Å². The van der Waals surface area contributed by atoms with Gasteiger partial charge in [0.25, 0.3) is 0 Å². The summed E-state index contributed by atoms with van der Waals surface area (Å²) in [7, 11) is 1.64. The van der Waals surface area contributed by atoms with Crippen LogP contribution in [0.15, 0.2) is 24.3 Å². The summed E-state index contributed by atoms with van der Waals surface area (Å²) < 4.78 is 10.3. The molecule has 1 fully saturated rings. The van der Waals surface area contributed by atoms with Crippen LogP contribution in [0.5, 0.6) is 5.75 Å². The maximum atomic E-state index is 12.4. The van der Waals surface area contributed by atoms with Crippen LogP contribution in [0, 0.1) is 0 Å². The summed E-state index contributed by atoms with van der Waals surface area (Å²) in [5, 5.41) is 2.87. The van der Waals surface area contributed by atoms with Crippen molar-refractivity contribution >= 4 is 17.6 Å². The molecule has 1 heterocycles. The molecule has 8 nitrogen and oxygen atoms in total. The van der Waals surface area contributed by atoms with Gasteiger partial charge in [-0.3, -0.25) is 19.3 Å². The average Bonchev–Trinajstić information content (AvgIpc) is 2.76. The lowest BCUT2D eigenvalue weighted by Crippen LogP contribution is -2.51. The van der Waals surface area contributed by atoms with Gasteiger partial charge in [0.05, 0.1) is 13.2 Å². The molecular formula is C22H33N3O5. The van der Waals surface area contributed by atoms with E-state index in [0.717, 1.165) is 12.2 Å². The number of ketones is 1. The zero-order valence-corrected chi connectivity index (χ0v) is 18.0.